The van der Waals surface area contributed by atoms with E-state index in [1.165, 1.54) is 19.2 Å². The predicted octanol–water partition coefficient (Wildman–Crippen LogP) is 4.38. The van der Waals surface area contributed by atoms with E-state index >= 15 is 0 Å². The van der Waals surface area contributed by atoms with Crippen molar-refractivity contribution in [1.82, 2.24) is 9.55 Å². The number of anilines is 2. The Labute approximate surface area is 155 Å². The zero-order valence-corrected chi connectivity index (χ0v) is 15.1. The van der Waals surface area contributed by atoms with Crippen molar-refractivity contribution in [2.45, 2.75) is 19.3 Å². The first-order valence-corrected chi connectivity index (χ1v) is 8.71. The summed E-state index contributed by atoms with van der Waals surface area (Å²) in [5.41, 5.74) is 3.03. The molecule has 3 aromatic rings. The number of halogens is 2. The smallest absolute Gasteiger partial charge is 0.340 e. The summed E-state index contributed by atoms with van der Waals surface area (Å²) >= 11 is 0. The van der Waals surface area contributed by atoms with E-state index in [1.807, 2.05) is 22.6 Å². The molecule has 2 aromatic heterocycles. The number of ether oxygens (including phenoxy) is 1. The Morgan fingerprint density at radius 3 is 2.85 bits per heavy atom. The highest BCUT2D eigenvalue weighted by Gasteiger charge is 2.23. The molecule has 0 bridgehead atoms. The Balaban J connectivity index is 1.84. The molecular weight excluding hydrogens is 352 g/mol. The Morgan fingerprint density at radius 1 is 1.30 bits per heavy atom. The molecule has 0 atom stereocenters. The maximum atomic E-state index is 13.2. The van der Waals surface area contributed by atoms with Crippen LogP contribution in [0.2, 0.25) is 0 Å². The van der Waals surface area contributed by atoms with Crippen LogP contribution < -0.4 is 4.90 Å². The second-order valence-electron chi connectivity index (χ2n) is 6.65. The topological polar surface area (TPSA) is 47.4 Å². The van der Waals surface area contributed by atoms with Gasteiger partial charge >= 0.3 is 5.97 Å². The molecule has 3 heterocycles. The number of hydrogen-bond donors (Lipinski definition) is 0. The lowest BCUT2D eigenvalue weighted by Gasteiger charge is -2.31. The fourth-order valence-electron chi connectivity index (χ4n) is 3.65. The molecule has 0 amide bonds. The largest absolute Gasteiger partial charge is 0.465 e. The van der Waals surface area contributed by atoms with Gasteiger partial charge in [0.05, 0.1) is 24.4 Å². The number of alkyl halides is 2. The van der Waals surface area contributed by atoms with Gasteiger partial charge in [-0.2, -0.15) is 0 Å². The molecule has 0 radical (unpaired) electrons. The number of methoxy groups -OCH3 is 1. The van der Waals surface area contributed by atoms with Crippen LogP contribution in [0.25, 0.3) is 10.9 Å². The number of rotatable bonds is 3. The van der Waals surface area contributed by atoms with Crippen LogP contribution in [0.5, 0.6) is 0 Å². The summed E-state index contributed by atoms with van der Waals surface area (Å²) in [5, 5.41) is 0.728. The fourth-order valence-corrected chi connectivity index (χ4v) is 3.65. The predicted molar refractivity (Wildman–Crippen MR) is 98.8 cm³/mol. The van der Waals surface area contributed by atoms with Gasteiger partial charge in [-0.3, -0.25) is 0 Å². The van der Waals surface area contributed by atoms with Gasteiger partial charge in [0, 0.05) is 36.4 Å². The number of aryl methyl sites for hydroxylation is 2. The van der Waals surface area contributed by atoms with Crippen molar-refractivity contribution in [2.75, 3.05) is 18.6 Å². The van der Waals surface area contributed by atoms with Crippen LogP contribution in [0, 0.1) is 0 Å². The van der Waals surface area contributed by atoms with Crippen LogP contribution in [0.15, 0.2) is 36.7 Å². The maximum absolute atomic E-state index is 13.2. The van der Waals surface area contributed by atoms with E-state index in [2.05, 4.69) is 4.98 Å². The van der Waals surface area contributed by atoms with Crippen LogP contribution in [0.1, 0.15) is 34.3 Å². The summed E-state index contributed by atoms with van der Waals surface area (Å²) in [6.07, 6.45) is 2.63. The van der Waals surface area contributed by atoms with E-state index in [4.69, 9.17) is 4.74 Å². The number of pyridine rings is 1. The van der Waals surface area contributed by atoms with Crippen LogP contribution >= 0.6 is 0 Å². The Bertz CT molecular complexity index is 1030. The fraction of sp³-hybridized carbons (Fsp3) is 0.300. The van der Waals surface area contributed by atoms with Crippen molar-refractivity contribution in [1.29, 1.82) is 0 Å². The average Bonchev–Trinajstić information content (AvgIpc) is 3.02. The highest BCUT2D eigenvalue weighted by molar-refractivity contribution is 6.05. The number of benzene rings is 1. The molecule has 0 spiro atoms. The summed E-state index contributed by atoms with van der Waals surface area (Å²) in [7, 11) is 3.18. The molecule has 1 aliphatic rings. The zero-order valence-electron chi connectivity index (χ0n) is 15.1. The molecule has 0 N–H and O–H groups in total. The molecular formula is C20H19F2N3O2. The number of carbonyl (C=O) groups is 1. The highest BCUT2D eigenvalue weighted by atomic mass is 19.3. The average molecular weight is 371 g/mol. The summed E-state index contributed by atoms with van der Waals surface area (Å²) in [4.78, 5) is 18.6. The van der Waals surface area contributed by atoms with Crippen molar-refractivity contribution in [3.8, 4) is 0 Å². The van der Waals surface area contributed by atoms with Gasteiger partial charge in [0.15, 0.2) is 0 Å². The molecule has 0 unspecified atom stereocenters. The number of aromatic nitrogens is 2. The SMILES string of the molecule is COC(=O)c1cn(C)c2cnc(N3CCCc4ccc(C(F)F)cc43)cc12. The van der Waals surface area contributed by atoms with Gasteiger partial charge in [-0.15, -0.1) is 0 Å². The lowest BCUT2D eigenvalue weighted by atomic mass is 9.99. The van der Waals surface area contributed by atoms with Gasteiger partial charge in [0.25, 0.3) is 6.43 Å². The Kier molecular flexibility index (Phi) is 4.30. The van der Waals surface area contributed by atoms with Gasteiger partial charge in [-0.25, -0.2) is 18.6 Å². The Hall–Kier alpha value is -2.96. The molecule has 0 saturated carbocycles. The molecule has 5 nitrogen and oxygen atoms in total. The van der Waals surface area contributed by atoms with Gasteiger partial charge in [-0.1, -0.05) is 12.1 Å². The molecule has 0 fully saturated rings. The van der Waals surface area contributed by atoms with Crippen LogP contribution in [-0.4, -0.2) is 29.2 Å². The molecule has 4 rings (SSSR count). The summed E-state index contributed by atoms with van der Waals surface area (Å²) < 4.78 is 33.0. The lowest BCUT2D eigenvalue weighted by molar-refractivity contribution is 0.0602. The van der Waals surface area contributed by atoms with E-state index in [0.717, 1.165) is 35.0 Å². The number of fused-ring (bicyclic) bond motifs is 2. The minimum Gasteiger partial charge on any atom is -0.465 e. The first-order chi connectivity index (χ1) is 13.0. The third kappa shape index (κ3) is 2.93. The van der Waals surface area contributed by atoms with E-state index < -0.39 is 12.4 Å². The van der Waals surface area contributed by atoms with Crippen LogP contribution in [0.3, 0.4) is 0 Å². The molecule has 27 heavy (non-hydrogen) atoms. The summed E-state index contributed by atoms with van der Waals surface area (Å²) in [5.74, 6) is 0.211. The first kappa shape index (κ1) is 17.5. The maximum Gasteiger partial charge on any atom is 0.340 e. The van der Waals surface area contributed by atoms with Crippen LogP contribution in [0.4, 0.5) is 20.3 Å². The minimum absolute atomic E-state index is 0.00307. The summed E-state index contributed by atoms with van der Waals surface area (Å²) in [6, 6.07) is 6.61. The van der Waals surface area contributed by atoms with E-state index in [9.17, 15) is 13.6 Å². The van der Waals surface area contributed by atoms with Crippen molar-refractivity contribution >= 4 is 28.4 Å². The molecule has 140 valence electrons. The second kappa shape index (κ2) is 6.64. The third-order valence-corrected chi connectivity index (χ3v) is 5.02. The van der Waals surface area contributed by atoms with Crippen molar-refractivity contribution in [2.24, 2.45) is 7.05 Å². The minimum atomic E-state index is -2.52. The van der Waals surface area contributed by atoms with E-state index in [0.29, 0.717) is 17.9 Å². The Morgan fingerprint density at radius 2 is 2.11 bits per heavy atom. The van der Waals surface area contributed by atoms with Crippen molar-refractivity contribution in [3.05, 3.63) is 53.3 Å². The second-order valence-corrected chi connectivity index (χ2v) is 6.65. The van der Waals surface area contributed by atoms with Gasteiger partial charge in [0.1, 0.15) is 5.82 Å². The number of nitrogens with zero attached hydrogens (tertiary/aromatic N) is 3. The number of carbonyl (C=O) groups excluding carboxylic acids is 1. The summed E-state index contributed by atoms with van der Waals surface area (Å²) in [6.45, 7) is 0.679. The third-order valence-electron chi connectivity index (χ3n) is 5.02. The van der Waals surface area contributed by atoms with E-state index in [1.54, 1.807) is 18.5 Å². The normalized spacial score (nSPS) is 13.9. The van der Waals surface area contributed by atoms with E-state index in [-0.39, 0.29) is 5.56 Å². The lowest BCUT2D eigenvalue weighted by Crippen LogP contribution is -2.25. The van der Waals surface area contributed by atoms with Gasteiger partial charge < -0.3 is 14.2 Å². The van der Waals surface area contributed by atoms with Crippen molar-refractivity contribution < 1.29 is 18.3 Å². The standard InChI is InChI=1S/C20H19F2N3O2/c1-24-11-15(20(26)27-2)14-9-18(23-10-17(14)24)25-7-3-4-12-5-6-13(19(21)22)8-16(12)25/h5-6,8-11,19H,3-4,7H2,1-2H3. The first-order valence-electron chi connectivity index (χ1n) is 8.71. The molecule has 0 saturated heterocycles. The number of esters is 1. The zero-order chi connectivity index (χ0) is 19.1. The number of hydrogen-bond acceptors (Lipinski definition) is 4. The quantitative estimate of drug-likeness (QED) is 0.641. The molecule has 1 aromatic carbocycles. The highest BCUT2D eigenvalue weighted by Crippen LogP contribution is 2.36. The molecule has 1 aliphatic heterocycles. The van der Waals surface area contributed by atoms with Crippen molar-refractivity contribution in [3.63, 3.8) is 0 Å². The van der Waals surface area contributed by atoms with Gasteiger partial charge in [-0.05, 0) is 30.5 Å². The monoisotopic (exact) mass is 371 g/mol. The van der Waals surface area contributed by atoms with Crippen LogP contribution in [-0.2, 0) is 18.2 Å². The van der Waals surface area contributed by atoms with Gasteiger partial charge in [0.2, 0.25) is 0 Å². The molecule has 7 heteroatoms. The molecule has 0 aliphatic carbocycles.